The van der Waals surface area contributed by atoms with E-state index in [-0.39, 0.29) is 11.7 Å². The fourth-order valence-electron chi connectivity index (χ4n) is 3.11. The average Bonchev–Trinajstić information content (AvgIpc) is 3.21. The van der Waals surface area contributed by atoms with Gasteiger partial charge in [-0.1, -0.05) is 41.6 Å². The summed E-state index contributed by atoms with van der Waals surface area (Å²) in [6.07, 6.45) is 0. The minimum atomic E-state index is 0.0707. The molecular weight excluding hydrogens is 476 g/mol. The standard InChI is InChI=1S/C20H18BrClN4O2S/c21-17-7-2-1-6-16(17)19-23-24-20(28-19)29-13-18(27)26-10-8-25(9-11-26)15-5-3-4-14(22)12-15/h1-7,12H,8-11,13H2. The molecule has 2 aromatic carbocycles. The Morgan fingerprint density at radius 3 is 2.66 bits per heavy atom. The normalized spacial score (nSPS) is 14.3. The van der Waals surface area contributed by atoms with Gasteiger partial charge in [-0.05, 0) is 46.3 Å². The molecule has 3 aromatic rings. The molecule has 0 saturated carbocycles. The summed E-state index contributed by atoms with van der Waals surface area (Å²) >= 11 is 10.8. The summed E-state index contributed by atoms with van der Waals surface area (Å²) in [4.78, 5) is 16.7. The number of hydrogen-bond acceptors (Lipinski definition) is 6. The van der Waals surface area contributed by atoms with E-state index in [1.807, 2.05) is 53.4 Å². The Labute approximate surface area is 186 Å². The molecule has 0 atom stereocenters. The van der Waals surface area contributed by atoms with Gasteiger partial charge in [0.15, 0.2) is 0 Å². The van der Waals surface area contributed by atoms with Crippen LogP contribution in [0.5, 0.6) is 0 Å². The number of thioether (sulfide) groups is 1. The summed E-state index contributed by atoms with van der Waals surface area (Å²) in [5, 5.41) is 9.23. The largest absolute Gasteiger partial charge is 0.411 e. The summed E-state index contributed by atoms with van der Waals surface area (Å²) in [5.41, 5.74) is 1.92. The van der Waals surface area contributed by atoms with Crippen molar-refractivity contribution in [3.63, 3.8) is 0 Å². The number of anilines is 1. The number of rotatable bonds is 5. The van der Waals surface area contributed by atoms with Crippen LogP contribution in [0.25, 0.3) is 11.5 Å². The SMILES string of the molecule is O=C(CSc1nnc(-c2ccccc2Br)o1)N1CCN(c2cccc(Cl)c2)CC1. The first kappa shape index (κ1) is 20.3. The third-order valence-electron chi connectivity index (χ3n) is 4.64. The molecule has 9 heteroatoms. The van der Waals surface area contributed by atoms with Gasteiger partial charge in [-0.3, -0.25) is 4.79 Å². The molecule has 1 aliphatic rings. The fraction of sp³-hybridized carbons (Fsp3) is 0.250. The summed E-state index contributed by atoms with van der Waals surface area (Å²) in [5.74, 6) is 0.776. The molecule has 0 bridgehead atoms. The van der Waals surface area contributed by atoms with E-state index < -0.39 is 0 Å². The van der Waals surface area contributed by atoms with Gasteiger partial charge in [-0.15, -0.1) is 10.2 Å². The van der Waals surface area contributed by atoms with Crippen LogP contribution in [0.2, 0.25) is 5.02 Å². The van der Waals surface area contributed by atoms with E-state index in [0.717, 1.165) is 33.8 Å². The highest BCUT2D eigenvalue weighted by Gasteiger charge is 2.22. The van der Waals surface area contributed by atoms with Gasteiger partial charge in [-0.25, -0.2) is 0 Å². The van der Waals surface area contributed by atoms with Crippen molar-refractivity contribution in [2.45, 2.75) is 5.22 Å². The van der Waals surface area contributed by atoms with Gasteiger partial charge in [0.25, 0.3) is 5.22 Å². The smallest absolute Gasteiger partial charge is 0.277 e. The number of piperazine rings is 1. The van der Waals surface area contributed by atoms with E-state index in [4.69, 9.17) is 16.0 Å². The topological polar surface area (TPSA) is 62.5 Å². The van der Waals surface area contributed by atoms with Gasteiger partial charge in [-0.2, -0.15) is 0 Å². The first-order chi connectivity index (χ1) is 14.1. The van der Waals surface area contributed by atoms with Crippen LogP contribution < -0.4 is 4.90 Å². The summed E-state index contributed by atoms with van der Waals surface area (Å²) < 4.78 is 6.58. The Hall–Kier alpha value is -2.03. The number of amides is 1. The Morgan fingerprint density at radius 2 is 1.90 bits per heavy atom. The lowest BCUT2D eigenvalue weighted by Crippen LogP contribution is -2.49. The first-order valence-electron chi connectivity index (χ1n) is 9.09. The minimum absolute atomic E-state index is 0.0707. The van der Waals surface area contributed by atoms with Gasteiger partial charge in [0.05, 0.1) is 11.3 Å². The second-order valence-corrected chi connectivity index (χ2v) is 8.71. The summed E-state index contributed by atoms with van der Waals surface area (Å²) in [7, 11) is 0. The zero-order valence-corrected chi connectivity index (χ0v) is 18.6. The molecule has 6 nitrogen and oxygen atoms in total. The number of carbonyl (C=O) groups is 1. The van der Waals surface area contributed by atoms with Crippen LogP contribution in [0.4, 0.5) is 5.69 Å². The first-order valence-corrected chi connectivity index (χ1v) is 11.3. The van der Waals surface area contributed by atoms with E-state index in [9.17, 15) is 4.79 Å². The molecule has 1 fully saturated rings. The van der Waals surface area contributed by atoms with Crippen LogP contribution in [0.1, 0.15) is 0 Å². The van der Waals surface area contributed by atoms with Gasteiger partial charge in [0.1, 0.15) is 0 Å². The van der Waals surface area contributed by atoms with Crippen LogP contribution in [-0.2, 0) is 4.79 Å². The number of nitrogens with zero attached hydrogens (tertiary/aromatic N) is 4. The molecule has 0 unspecified atom stereocenters. The highest BCUT2D eigenvalue weighted by molar-refractivity contribution is 9.10. The maximum absolute atomic E-state index is 12.6. The van der Waals surface area contributed by atoms with E-state index in [0.29, 0.717) is 24.2 Å². The third kappa shape index (κ3) is 4.94. The van der Waals surface area contributed by atoms with Gasteiger partial charge < -0.3 is 14.2 Å². The van der Waals surface area contributed by atoms with Crippen molar-refractivity contribution >= 4 is 50.9 Å². The molecule has 29 heavy (non-hydrogen) atoms. The Balaban J connectivity index is 1.29. The third-order valence-corrected chi connectivity index (χ3v) is 6.37. The molecule has 4 rings (SSSR count). The van der Waals surface area contributed by atoms with Crippen molar-refractivity contribution in [3.8, 4) is 11.5 Å². The molecule has 150 valence electrons. The molecule has 0 radical (unpaired) electrons. The monoisotopic (exact) mass is 492 g/mol. The molecule has 0 N–H and O–H groups in total. The van der Waals surface area contributed by atoms with Crippen LogP contribution in [0, 0.1) is 0 Å². The van der Waals surface area contributed by atoms with Gasteiger partial charge in [0.2, 0.25) is 11.8 Å². The molecule has 1 saturated heterocycles. The van der Waals surface area contributed by atoms with E-state index in [1.54, 1.807) is 0 Å². The molecule has 2 heterocycles. The van der Waals surface area contributed by atoms with Crippen molar-refractivity contribution in [2.75, 3.05) is 36.8 Å². The van der Waals surface area contributed by atoms with Crippen molar-refractivity contribution in [1.29, 1.82) is 0 Å². The molecule has 0 aliphatic carbocycles. The van der Waals surface area contributed by atoms with E-state index in [2.05, 4.69) is 31.0 Å². The Kier molecular flexibility index (Phi) is 6.42. The second kappa shape index (κ2) is 9.19. The fourth-order valence-corrected chi connectivity index (χ4v) is 4.42. The Morgan fingerprint density at radius 1 is 1.10 bits per heavy atom. The van der Waals surface area contributed by atoms with Crippen molar-refractivity contribution in [2.24, 2.45) is 0 Å². The van der Waals surface area contributed by atoms with Crippen molar-refractivity contribution < 1.29 is 9.21 Å². The lowest BCUT2D eigenvalue weighted by molar-refractivity contribution is -0.128. The maximum Gasteiger partial charge on any atom is 0.277 e. The molecule has 1 aliphatic heterocycles. The maximum atomic E-state index is 12.6. The van der Waals surface area contributed by atoms with Crippen molar-refractivity contribution in [3.05, 3.63) is 58.0 Å². The second-order valence-electron chi connectivity index (χ2n) is 6.49. The minimum Gasteiger partial charge on any atom is -0.411 e. The molecule has 1 amide bonds. The molecular formula is C20H18BrClN4O2S. The number of benzene rings is 2. The van der Waals surface area contributed by atoms with Crippen LogP contribution in [-0.4, -0.2) is 52.9 Å². The van der Waals surface area contributed by atoms with E-state index >= 15 is 0 Å². The van der Waals surface area contributed by atoms with Gasteiger partial charge in [0, 0.05) is 41.4 Å². The highest BCUT2D eigenvalue weighted by Crippen LogP contribution is 2.29. The van der Waals surface area contributed by atoms with E-state index in [1.165, 1.54) is 11.8 Å². The number of aromatic nitrogens is 2. The van der Waals surface area contributed by atoms with Crippen LogP contribution >= 0.6 is 39.3 Å². The average molecular weight is 494 g/mol. The number of carbonyl (C=O) groups excluding carboxylic acids is 1. The summed E-state index contributed by atoms with van der Waals surface area (Å²) in [6.45, 7) is 2.92. The molecule has 0 spiro atoms. The number of hydrogen-bond donors (Lipinski definition) is 0. The highest BCUT2D eigenvalue weighted by atomic mass is 79.9. The number of halogens is 2. The van der Waals surface area contributed by atoms with Gasteiger partial charge >= 0.3 is 0 Å². The zero-order valence-electron chi connectivity index (χ0n) is 15.4. The summed E-state index contributed by atoms with van der Waals surface area (Å²) in [6, 6.07) is 15.4. The zero-order chi connectivity index (χ0) is 20.2. The predicted molar refractivity (Wildman–Crippen MR) is 118 cm³/mol. The quantitative estimate of drug-likeness (QED) is 0.484. The predicted octanol–water partition coefficient (Wildman–Crippen LogP) is 4.59. The molecule has 1 aromatic heterocycles. The van der Waals surface area contributed by atoms with Crippen molar-refractivity contribution in [1.82, 2.24) is 15.1 Å². The lowest BCUT2D eigenvalue weighted by atomic mass is 10.2. The Bertz CT molecular complexity index is 1010. The lowest BCUT2D eigenvalue weighted by Gasteiger charge is -2.36. The van der Waals surface area contributed by atoms with Crippen LogP contribution in [0.3, 0.4) is 0 Å². The van der Waals surface area contributed by atoms with Crippen LogP contribution in [0.15, 0.2) is 62.6 Å².